The third kappa shape index (κ3) is 3.19. The van der Waals surface area contributed by atoms with Crippen LogP contribution in [0.1, 0.15) is 15.9 Å². The summed E-state index contributed by atoms with van der Waals surface area (Å²) in [4.78, 5) is 11.5. The standard InChI is InChI=1S/C15H9BrClNO2/c16-8-14(19)10-4-6-11(7-5-10)20-15-3-1-2-13(17)12(15)9-18/h1-7H,8H2. The fourth-order valence-corrected chi connectivity index (χ4v) is 2.14. The van der Waals surface area contributed by atoms with Crippen LogP contribution < -0.4 is 4.74 Å². The first-order chi connectivity index (χ1) is 9.65. The Morgan fingerprint density at radius 3 is 2.55 bits per heavy atom. The zero-order chi connectivity index (χ0) is 14.5. The van der Waals surface area contributed by atoms with E-state index in [1.165, 1.54) is 0 Å². The van der Waals surface area contributed by atoms with Gasteiger partial charge in [-0.1, -0.05) is 33.6 Å². The molecule has 0 aliphatic rings. The number of carbonyl (C=O) groups is 1. The van der Waals surface area contributed by atoms with Crippen molar-refractivity contribution in [1.29, 1.82) is 5.26 Å². The maximum Gasteiger partial charge on any atom is 0.173 e. The number of benzene rings is 2. The lowest BCUT2D eigenvalue weighted by atomic mass is 10.1. The highest BCUT2D eigenvalue weighted by atomic mass is 79.9. The number of ketones is 1. The number of ether oxygens (including phenoxy) is 1. The number of carbonyl (C=O) groups excluding carboxylic acids is 1. The molecule has 0 unspecified atom stereocenters. The zero-order valence-corrected chi connectivity index (χ0v) is 12.6. The van der Waals surface area contributed by atoms with E-state index in [9.17, 15) is 4.79 Å². The average molecular weight is 351 g/mol. The summed E-state index contributed by atoms with van der Waals surface area (Å²) in [6, 6.07) is 13.7. The van der Waals surface area contributed by atoms with Crippen molar-refractivity contribution in [1.82, 2.24) is 0 Å². The van der Waals surface area contributed by atoms with Gasteiger partial charge in [-0.2, -0.15) is 5.26 Å². The molecule has 0 spiro atoms. The van der Waals surface area contributed by atoms with Gasteiger partial charge in [0.25, 0.3) is 0 Å². The van der Waals surface area contributed by atoms with Gasteiger partial charge in [-0.3, -0.25) is 4.79 Å². The number of halogens is 2. The molecule has 0 fully saturated rings. The molecule has 0 bridgehead atoms. The van der Waals surface area contributed by atoms with Crippen LogP contribution in [0.2, 0.25) is 5.02 Å². The summed E-state index contributed by atoms with van der Waals surface area (Å²) in [5, 5.41) is 9.68. The lowest BCUT2D eigenvalue weighted by Gasteiger charge is -2.08. The first kappa shape index (κ1) is 14.6. The summed E-state index contributed by atoms with van der Waals surface area (Å²) in [5.74, 6) is 0.923. The molecule has 0 saturated heterocycles. The van der Waals surface area contributed by atoms with Gasteiger partial charge in [0, 0.05) is 5.56 Å². The van der Waals surface area contributed by atoms with Crippen LogP contribution in [0.5, 0.6) is 11.5 Å². The van der Waals surface area contributed by atoms with Crippen molar-refractivity contribution in [3.05, 3.63) is 58.6 Å². The summed E-state index contributed by atoms with van der Waals surface area (Å²) in [7, 11) is 0. The normalized spacial score (nSPS) is 9.85. The Hall–Kier alpha value is -1.83. The maximum atomic E-state index is 11.5. The molecule has 5 heteroatoms. The summed E-state index contributed by atoms with van der Waals surface area (Å²) in [6.45, 7) is 0. The third-order valence-electron chi connectivity index (χ3n) is 2.61. The van der Waals surface area contributed by atoms with Gasteiger partial charge in [0.15, 0.2) is 5.78 Å². The van der Waals surface area contributed by atoms with Crippen molar-refractivity contribution in [3.63, 3.8) is 0 Å². The SMILES string of the molecule is N#Cc1c(Cl)cccc1Oc1ccc(C(=O)CBr)cc1. The van der Waals surface area contributed by atoms with Gasteiger partial charge in [-0.05, 0) is 36.4 Å². The molecule has 0 aromatic heterocycles. The molecule has 100 valence electrons. The zero-order valence-electron chi connectivity index (χ0n) is 10.3. The number of hydrogen-bond acceptors (Lipinski definition) is 3. The molecule has 2 rings (SSSR count). The molecule has 0 atom stereocenters. The van der Waals surface area contributed by atoms with E-state index < -0.39 is 0 Å². The quantitative estimate of drug-likeness (QED) is 0.599. The van der Waals surface area contributed by atoms with Crippen LogP contribution in [0.15, 0.2) is 42.5 Å². The molecule has 0 aliphatic carbocycles. The lowest BCUT2D eigenvalue weighted by molar-refractivity contribution is 0.102. The fraction of sp³-hybridized carbons (Fsp3) is 0.0667. The fourth-order valence-electron chi connectivity index (χ4n) is 1.61. The average Bonchev–Trinajstić information content (AvgIpc) is 2.47. The van der Waals surface area contributed by atoms with Gasteiger partial charge in [-0.25, -0.2) is 0 Å². The van der Waals surface area contributed by atoms with Crippen LogP contribution in [0.25, 0.3) is 0 Å². The van der Waals surface area contributed by atoms with E-state index in [-0.39, 0.29) is 16.7 Å². The predicted molar refractivity (Wildman–Crippen MR) is 80.8 cm³/mol. The number of rotatable bonds is 4. The second-order valence-electron chi connectivity index (χ2n) is 3.91. The topological polar surface area (TPSA) is 50.1 Å². The minimum atomic E-state index is -0.00276. The van der Waals surface area contributed by atoms with Crippen LogP contribution in [0, 0.1) is 11.3 Å². The minimum Gasteiger partial charge on any atom is -0.456 e. The third-order valence-corrected chi connectivity index (χ3v) is 3.44. The first-order valence-corrected chi connectivity index (χ1v) is 7.21. The molecular weight excluding hydrogens is 342 g/mol. The van der Waals surface area contributed by atoms with Crippen LogP contribution in [0.4, 0.5) is 0 Å². The van der Waals surface area contributed by atoms with E-state index in [0.717, 1.165) is 0 Å². The molecule has 0 heterocycles. The maximum absolute atomic E-state index is 11.5. The molecule has 0 saturated carbocycles. The molecule has 2 aromatic carbocycles. The van der Waals surface area contributed by atoms with Gasteiger partial charge in [0.05, 0.1) is 10.4 Å². The number of nitrogens with zero attached hydrogens (tertiary/aromatic N) is 1. The summed E-state index contributed by atoms with van der Waals surface area (Å²) in [6.07, 6.45) is 0. The van der Waals surface area contributed by atoms with Crippen molar-refractivity contribution in [2.75, 3.05) is 5.33 Å². The molecule has 0 radical (unpaired) electrons. The molecular formula is C15H9BrClNO2. The minimum absolute atomic E-state index is 0.00276. The van der Waals surface area contributed by atoms with Gasteiger partial charge in [-0.15, -0.1) is 0 Å². The number of Topliss-reactive ketones (excluding diaryl/α,β-unsaturated/α-hetero) is 1. The van der Waals surface area contributed by atoms with Gasteiger partial charge >= 0.3 is 0 Å². The van der Waals surface area contributed by atoms with E-state index in [0.29, 0.717) is 22.1 Å². The van der Waals surface area contributed by atoms with Gasteiger partial charge in [0.1, 0.15) is 23.1 Å². The van der Waals surface area contributed by atoms with Crippen LogP contribution in [0.3, 0.4) is 0 Å². The van der Waals surface area contributed by atoms with E-state index >= 15 is 0 Å². The Bertz CT molecular complexity index is 677. The Labute approximate surface area is 129 Å². The van der Waals surface area contributed by atoms with Crippen molar-refractivity contribution in [3.8, 4) is 17.6 Å². The molecule has 0 N–H and O–H groups in total. The largest absolute Gasteiger partial charge is 0.456 e. The highest BCUT2D eigenvalue weighted by molar-refractivity contribution is 9.09. The van der Waals surface area contributed by atoms with Gasteiger partial charge in [0.2, 0.25) is 0 Å². The van der Waals surface area contributed by atoms with Crippen molar-refractivity contribution in [2.45, 2.75) is 0 Å². The number of nitriles is 1. The molecule has 20 heavy (non-hydrogen) atoms. The predicted octanol–water partition coefficient (Wildman–Crippen LogP) is 4.58. The van der Waals surface area contributed by atoms with Crippen molar-refractivity contribution in [2.24, 2.45) is 0 Å². The van der Waals surface area contributed by atoms with E-state index in [4.69, 9.17) is 21.6 Å². The monoisotopic (exact) mass is 349 g/mol. The van der Waals surface area contributed by atoms with Crippen molar-refractivity contribution < 1.29 is 9.53 Å². The first-order valence-electron chi connectivity index (χ1n) is 5.71. The summed E-state index contributed by atoms with van der Waals surface area (Å²) >= 11 is 9.05. The van der Waals surface area contributed by atoms with Crippen molar-refractivity contribution >= 4 is 33.3 Å². The second-order valence-corrected chi connectivity index (χ2v) is 4.88. The van der Waals surface area contributed by atoms with Crippen LogP contribution in [-0.2, 0) is 0 Å². The molecule has 0 aliphatic heterocycles. The Kier molecular flexibility index (Phi) is 4.78. The number of alkyl halides is 1. The molecule has 3 nitrogen and oxygen atoms in total. The number of hydrogen-bond donors (Lipinski definition) is 0. The summed E-state index contributed by atoms with van der Waals surface area (Å²) in [5.41, 5.74) is 0.885. The van der Waals surface area contributed by atoms with E-state index in [2.05, 4.69) is 15.9 Å². The Morgan fingerprint density at radius 1 is 1.25 bits per heavy atom. The van der Waals surface area contributed by atoms with Crippen LogP contribution in [-0.4, -0.2) is 11.1 Å². The molecule has 2 aromatic rings. The van der Waals surface area contributed by atoms with E-state index in [1.54, 1.807) is 42.5 Å². The highest BCUT2D eigenvalue weighted by Crippen LogP contribution is 2.29. The Morgan fingerprint density at radius 2 is 1.95 bits per heavy atom. The Balaban J connectivity index is 2.25. The van der Waals surface area contributed by atoms with Crippen LogP contribution >= 0.6 is 27.5 Å². The second kappa shape index (κ2) is 6.56. The highest BCUT2D eigenvalue weighted by Gasteiger charge is 2.09. The van der Waals surface area contributed by atoms with E-state index in [1.807, 2.05) is 6.07 Å². The lowest BCUT2D eigenvalue weighted by Crippen LogP contribution is -1.99. The van der Waals surface area contributed by atoms with Gasteiger partial charge < -0.3 is 4.74 Å². The summed E-state index contributed by atoms with van der Waals surface area (Å²) < 4.78 is 5.62. The smallest absolute Gasteiger partial charge is 0.173 e. The molecule has 0 amide bonds.